The van der Waals surface area contributed by atoms with Gasteiger partial charge in [0, 0.05) is 16.6 Å². The molecule has 0 fully saturated rings. The van der Waals surface area contributed by atoms with E-state index in [2.05, 4.69) is 4.98 Å². The number of hydrogen-bond donors (Lipinski definition) is 2. The van der Waals surface area contributed by atoms with Crippen molar-refractivity contribution in [3.63, 3.8) is 0 Å². The van der Waals surface area contributed by atoms with Crippen LogP contribution in [0.3, 0.4) is 0 Å². The third kappa shape index (κ3) is 2.84. The Morgan fingerprint density at radius 1 is 1.15 bits per heavy atom. The second kappa shape index (κ2) is 6.65. The minimum Gasteiger partial charge on any atom is -0.510 e. The van der Waals surface area contributed by atoms with E-state index in [-0.39, 0.29) is 18.1 Å². The Morgan fingerprint density at radius 2 is 1.96 bits per heavy atom. The third-order valence-electron chi connectivity index (χ3n) is 4.25. The largest absolute Gasteiger partial charge is 0.510 e. The van der Waals surface area contributed by atoms with Gasteiger partial charge in [-0.15, -0.1) is 11.3 Å². The maximum Gasteiger partial charge on any atom is 0.139 e. The van der Waals surface area contributed by atoms with Crippen LogP contribution in [0.4, 0.5) is 5.69 Å². The number of thiazole rings is 1. The number of amidine groups is 1. The van der Waals surface area contributed by atoms with Crippen molar-refractivity contribution in [3.8, 4) is 17.0 Å². The Morgan fingerprint density at radius 3 is 2.73 bits per heavy atom. The SMILES string of the molecule is COc1cccc(-c2csc(C3=C(O)CN(c4ccccc4)C3=N)n2)c1. The number of aliphatic hydroxyl groups excluding tert-OH is 1. The number of benzene rings is 2. The fourth-order valence-corrected chi connectivity index (χ4v) is 3.83. The molecule has 3 aromatic rings. The van der Waals surface area contributed by atoms with Crippen LogP contribution in [-0.4, -0.2) is 29.6 Å². The first-order chi connectivity index (χ1) is 12.7. The van der Waals surface area contributed by atoms with Gasteiger partial charge in [0.2, 0.25) is 0 Å². The highest BCUT2D eigenvalue weighted by atomic mass is 32.1. The van der Waals surface area contributed by atoms with Crippen molar-refractivity contribution in [2.45, 2.75) is 0 Å². The van der Waals surface area contributed by atoms with E-state index >= 15 is 0 Å². The number of anilines is 1. The number of hydrogen-bond acceptors (Lipinski definition) is 5. The molecular weight excluding hydrogens is 346 g/mol. The first-order valence-corrected chi connectivity index (χ1v) is 8.99. The van der Waals surface area contributed by atoms with Gasteiger partial charge in [-0.05, 0) is 24.3 Å². The molecular formula is C20H17N3O2S. The number of nitrogens with zero attached hydrogens (tertiary/aromatic N) is 2. The van der Waals surface area contributed by atoms with E-state index < -0.39 is 0 Å². The van der Waals surface area contributed by atoms with E-state index in [9.17, 15) is 5.11 Å². The molecule has 0 amide bonds. The molecule has 0 radical (unpaired) electrons. The lowest BCUT2D eigenvalue weighted by molar-refractivity contribution is 0.411. The summed E-state index contributed by atoms with van der Waals surface area (Å²) in [6, 6.07) is 17.3. The lowest BCUT2D eigenvalue weighted by Crippen LogP contribution is -2.25. The standard InChI is InChI=1S/C20H17N3O2S/c1-25-15-9-5-6-13(10-15)16-12-26-20(22-16)18-17(24)11-23(19(18)21)14-7-3-2-4-8-14/h2-10,12,21,24H,11H2,1H3. The maximum atomic E-state index is 10.5. The monoisotopic (exact) mass is 363 g/mol. The van der Waals surface area contributed by atoms with Gasteiger partial charge in [0.25, 0.3) is 0 Å². The molecule has 1 aliphatic rings. The molecule has 0 spiro atoms. The highest BCUT2D eigenvalue weighted by Crippen LogP contribution is 2.34. The normalized spacial score (nSPS) is 14.2. The van der Waals surface area contributed by atoms with Crippen LogP contribution in [0.1, 0.15) is 5.01 Å². The minimum atomic E-state index is 0.172. The van der Waals surface area contributed by atoms with Crippen LogP contribution in [-0.2, 0) is 0 Å². The number of nitrogens with one attached hydrogen (secondary N) is 1. The fraction of sp³-hybridized carbons (Fsp3) is 0.100. The van der Waals surface area contributed by atoms with Gasteiger partial charge in [0.05, 0.1) is 24.9 Å². The van der Waals surface area contributed by atoms with Crippen molar-refractivity contribution in [3.05, 3.63) is 70.7 Å². The summed E-state index contributed by atoms with van der Waals surface area (Å²) < 4.78 is 5.27. The van der Waals surface area contributed by atoms with Crippen LogP contribution in [0.25, 0.3) is 16.8 Å². The Kier molecular flexibility index (Phi) is 4.18. The average Bonchev–Trinajstić information content (AvgIpc) is 3.27. The van der Waals surface area contributed by atoms with Crippen molar-refractivity contribution in [1.29, 1.82) is 5.41 Å². The molecule has 130 valence electrons. The minimum absolute atomic E-state index is 0.172. The summed E-state index contributed by atoms with van der Waals surface area (Å²) in [6.45, 7) is 0.284. The number of rotatable bonds is 4. The van der Waals surface area contributed by atoms with E-state index in [0.717, 1.165) is 22.7 Å². The summed E-state index contributed by atoms with van der Waals surface area (Å²) in [5.41, 5.74) is 3.11. The van der Waals surface area contributed by atoms with E-state index in [4.69, 9.17) is 10.1 Å². The molecule has 1 aliphatic heterocycles. The summed E-state index contributed by atoms with van der Waals surface area (Å²) in [5.74, 6) is 1.20. The first kappa shape index (κ1) is 16.4. The summed E-state index contributed by atoms with van der Waals surface area (Å²) in [6.07, 6.45) is 0. The average molecular weight is 363 g/mol. The zero-order valence-corrected chi connectivity index (χ0v) is 15.0. The van der Waals surface area contributed by atoms with Gasteiger partial charge in [0.15, 0.2) is 0 Å². The summed E-state index contributed by atoms with van der Waals surface area (Å²) in [4.78, 5) is 6.42. The number of methoxy groups -OCH3 is 1. The molecule has 6 heteroatoms. The molecule has 1 aromatic heterocycles. The molecule has 5 nitrogen and oxygen atoms in total. The van der Waals surface area contributed by atoms with Gasteiger partial charge >= 0.3 is 0 Å². The molecule has 2 heterocycles. The van der Waals surface area contributed by atoms with E-state index in [1.165, 1.54) is 11.3 Å². The van der Waals surface area contributed by atoms with Crippen molar-refractivity contribution >= 4 is 28.4 Å². The molecule has 2 aromatic carbocycles. The zero-order chi connectivity index (χ0) is 18.1. The predicted molar refractivity (Wildman–Crippen MR) is 105 cm³/mol. The molecule has 4 rings (SSSR count). The molecule has 26 heavy (non-hydrogen) atoms. The van der Waals surface area contributed by atoms with Crippen molar-refractivity contribution in [2.75, 3.05) is 18.6 Å². The van der Waals surface area contributed by atoms with Gasteiger partial charge in [-0.25, -0.2) is 4.98 Å². The highest BCUT2D eigenvalue weighted by molar-refractivity contribution is 7.11. The Hall–Kier alpha value is -3.12. The van der Waals surface area contributed by atoms with E-state index in [1.54, 1.807) is 12.0 Å². The highest BCUT2D eigenvalue weighted by Gasteiger charge is 2.31. The molecule has 0 aliphatic carbocycles. The van der Waals surface area contributed by atoms with Crippen molar-refractivity contribution in [2.24, 2.45) is 0 Å². The number of ether oxygens (including phenoxy) is 1. The fourth-order valence-electron chi connectivity index (χ4n) is 2.94. The smallest absolute Gasteiger partial charge is 0.139 e. The van der Waals surface area contributed by atoms with Gasteiger partial charge in [-0.1, -0.05) is 30.3 Å². The Balaban J connectivity index is 1.65. The van der Waals surface area contributed by atoms with Crippen LogP contribution in [0.5, 0.6) is 5.75 Å². The van der Waals surface area contributed by atoms with Gasteiger partial charge in [-0.2, -0.15) is 0 Å². The number of aliphatic hydroxyl groups is 1. The first-order valence-electron chi connectivity index (χ1n) is 8.11. The predicted octanol–water partition coefficient (Wildman–Crippen LogP) is 4.59. The van der Waals surface area contributed by atoms with Gasteiger partial charge in [-0.3, -0.25) is 5.41 Å². The summed E-state index contributed by atoms with van der Waals surface area (Å²) in [7, 11) is 1.63. The number of aromatic nitrogens is 1. The summed E-state index contributed by atoms with van der Waals surface area (Å²) >= 11 is 1.42. The van der Waals surface area contributed by atoms with Gasteiger partial charge in [0.1, 0.15) is 22.4 Å². The Bertz CT molecular complexity index is 995. The van der Waals surface area contributed by atoms with Crippen LogP contribution >= 0.6 is 11.3 Å². The number of para-hydroxylation sites is 1. The molecule has 0 unspecified atom stereocenters. The summed E-state index contributed by atoms with van der Waals surface area (Å²) in [5, 5.41) is 21.5. The van der Waals surface area contributed by atoms with Crippen LogP contribution in [0.15, 0.2) is 65.7 Å². The van der Waals surface area contributed by atoms with Crippen LogP contribution in [0.2, 0.25) is 0 Å². The van der Waals surface area contributed by atoms with Gasteiger partial charge < -0.3 is 14.7 Å². The van der Waals surface area contributed by atoms with Crippen LogP contribution < -0.4 is 9.64 Å². The topological polar surface area (TPSA) is 69.4 Å². The molecule has 0 saturated heterocycles. The second-order valence-corrected chi connectivity index (χ2v) is 6.72. The third-order valence-corrected chi connectivity index (χ3v) is 5.11. The molecule has 2 N–H and O–H groups in total. The quantitative estimate of drug-likeness (QED) is 0.711. The molecule has 0 bridgehead atoms. The lowest BCUT2D eigenvalue weighted by atomic mass is 10.1. The van der Waals surface area contributed by atoms with Crippen molar-refractivity contribution in [1.82, 2.24) is 4.98 Å². The van der Waals surface area contributed by atoms with Crippen molar-refractivity contribution < 1.29 is 9.84 Å². The Labute approximate surface area is 155 Å². The molecule has 0 saturated carbocycles. The van der Waals surface area contributed by atoms with Crippen LogP contribution in [0, 0.1) is 5.41 Å². The second-order valence-electron chi connectivity index (χ2n) is 5.86. The molecule has 0 atom stereocenters. The van der Waals surface area contributed by atoms with E-state index in [0.29, 0.717) is 10.6 Å². The lowest BCUT2D eigenvalue weighted by Gasteiger charge is -2.18. The van der Waals surface area contributed by atoms with E-state index in [1.807, 2.05) is 60.0 Å². The maximum absolute atomic E-state index is 10.5. The zero-order valence-electron chi connectivity index (χ0n) is 14.1.